The van der Waals surface area contributed by atoms with Gasteiger partial charge in [-0.05, 0) is 54.8 Å². The predicted molar refractivity (Wildman–Crippen MR) is 143 cm³/mol. The molecule has 1 atom stereocenters. The van der Waals surface area contributed by atoms with Gasteiger partial charge in [-0.2, -0.15) is 4.80 Å². The van der Waals surface area contributed by atoms with Crippen LogP contribution in [0, 0.1) is 0 Å². The van der Waals surface area contributed by atoms with E-state index in [2.05, 4.69) is 20.7 Å². The summed E-state index contributed by atoms with van der Waals surface area (Å²) < 4.78 is 10.6. The topological polar surface area (TPSA) is 111 Å². The second-order valence-electron chi connectivity index (χ2n) is 9.35. The van der Waals surface area contributed by atoms with E-state index in [0.717, 1.165) is 31.2 Å². The maximum atomic E-state index is 13.5. The number of rotatable bonds is 10. The highest BCUT2D eigenvalue weighted by molar-refractivity contribution is 6.31. The number of ether oxygens (including phenoxy) is 2. The fourth-order valence-corrected chi connectivity index (χ4v) is 4.77. The van der Waals surface area contributed by atoms with Crippen LogP contribution in [-0.4, -0.2) is 63.2 Å². The van der Waals surface area contributed by atoms with Gasteiger partial charge in [-0.25, -0.2) is 0 Å². The van der Waals surface area contributed by atoms with Gasteiger partial charge in [0.2, 0.25) is 17.6 Å². The number of tetrazole rings is 1. The molecule has 1 aliphatic carbocycles. The van der Waals surface area contributed by atoms with Gasteiger partial charge in [-0.1, -0.05) is 49.1 Å². The molecule has 0 aliphatic heterocycles. The minimum absolute atomic E-state index is 0.136. The lowest BCUT2D eigenvalue weighted by Gasteiger charge is -2.31. The smallest absolute Gasteiger partial charge is 0.247 e. The third-order valence-electron chi connectivity index (χ3n) is 6.79. The zero-order chi connectivity index (χ0) is 27.1. The SMILES string of the molecule is COc1ccc(-c2nnn(CC(=O)N(Cc3ccccc3Cl)[C@H](C)C(=O)NC3CCCCC3)n2)cc1OC. The van der Waals surface area contributed by atoms with Gasteiger partial charge in [0.05, 0.1) is 14.2 Å². The summed E-state index contributed by atoms with van der Waals surface area (Å²) in [5, 5.41) is 16.2. The molecule has 2 amide bonds. The fourth-order valence-electron chi connectivity index (χ4n) is 4.57. The Morgan fingerprint density at radius 1 is 1.11 bits per heavy atom. The predicted octanol–water partition coefficient (Wildman–Crippen LogP) is 3.88. The van der Waals surface area contributed by atoms with Crippen LogP contribution in [0.4, 0.5) is 0 Å². The molecule has 1 aliphatic rings. The van der Waals surface area contributed by atoms with Crippen molar-refractivity contribution in [2.45, 2.75) is 64.2 Å². The van der Waals surface area contributed by atoms with Crippen LogP contribution in [0.15, 0.2) is 42.5 Å². The second-order valence-corrected chi connectivity index (χ2v) is 9.75. The van der Waals surface area contributed by atoms with Crippen LogP contribution in [0.1, 0.15) is 44.6 Å². The molecule has 1 aromatic heterocycles. The van der Waals surface area contributed by atoms with Gasteiger partial charge in [0.15, 0.2) is 11.5 Å². The molecule has 0 radical (unpaired) electrons. The molecule has 11 heteroatoms. The lowest BCUT2D eigenvalue weighted by atomic mass is 9.95. The highest BCUT2D eigenvalue weighted by atomic mass is 35.5. The van der Waals surface area contributed by atoms with Crippen molar-refractivity contribution in [3.05, 3.63) is 53.1 Å². The summed E-state index contributed by atoms with van der Waals surface area (Å²) in [7, 11) is 3.10. The van der Waals surface area contributed by atoms with Crippen molar-refractivity contribution >= 4 is 23.4 Å². The van der Waals surface area contributed by atoms with Gasteiger partial charge in [-0.15, -0.1) is 10.2 Å². The zero-order valence-electron chi connectivity index (χ0n) is 21.9. The molecule has 0 saturated heterocycles. The highest BCUT2D eigenvalue weighted by Gasteiger charge is 2.29. The number of aromatic nitrogens is 4. The molecular weight excluding hydrogens is 508 g/mol. The first-order valence-electron chi connectivity index (χ1n) is 12.7. The van der Waals surface area contributed by atoms with Gasteiger partial charge < -0.3 is 19.7 Å². The second kappa shape index (κ2) is 12.7. The highest BCUT2D eigenvalue weighted by Crippen LogP contribution is 2.30. The molecule has 0 spiro atoms. The van der Waals surface area contributed by atoms with E-state index in [1.807, 2.05) is 18.2 Å². The number of carbonyl (C=O) groups is 2. The standard InChI is InChI=1S/C27H33ClN6O4/c1-18(27(36)29-21-10-5-4-6-11-21)33(16-20-9-7-8-12-22(20)28)25(35)17-34-31-26(30-32-34)19-13-14-23(37-2)24(15-19)38-3/h7-9,12-15,18,21H,4-6,10-11,16-17H2,1-3H3,(H,29,36)/t18-/m1/s1. The van der Waals surface area contributed by atoms with E-state index < -0.39 is 6.04 Å². The number of hydrogen-bond donors (Lipinski definition) is 1. The van der Waals surface area contributed by atoms with Crippen molar-refractivity contribution in [3.8, 4) is 22.9 Å². The summed E-state index contributed by atoms with van der Waals surface area (Å²) in [6, 6.07) is 12.0. The van der Waals surface area contributed by atoms with Crippen molar-refractivity contribution in [1.29, 1.82) is 0 Å². The number of amides is 2. The molecule has 10 nitrogen and oxygen atoms in total. The van der Waals surface area contributed by atoms with Gasteiger partial charge in [0.1, 0.15) is 12.6 Å². The molecule has 202 valence electrons. The van der Waals surface area contributed by atoms with Crippen LogP contribution >= 0.6 is 11.6 Å². The molecule has 3 aromatic rings. The average Bonchev–Trinajstić information content (AvgIpc) is 3.40. The molecule has 1 N–H and O–H groups in total. The zero-order valence-corrected chi connectivity index (χ0v) is 22.6. The first-order chi connectivity index (χ1) is 18.4. The Labute approximate surface area is 227 Å². The molecule has 1 heterocycles. The number of benzene rings is 2. The first kappa shape index (κ1) is 27.4. The average molecular weight is 541 g/mol. The molecule has 0 unspecified atom stereocenters. The Bertz CT molecular complexity index is 1260. The van der Waals surface area contributed by atoms with E-state index in [9.17, 15) is 9.59 Å². The number of halogens is 1. The summed E-state index contributed by atoms with van der Waals surface area (Å²) >= 11 is 6.39. The van der Waals surface area contributed by atoms with E-state index in [-0.39, 0.29) is 30.9 Å². The largest absolute Gasteiger partial charge is 0.493 e. The molecule has 2 aromatic carbocycles. The fraction of sp³-hybridized carbons (Fsp3) is 0.444. The Kier molecular flexibility index (Phi) is 9.17. The Morgan fingerprint density at radius 2 is 1.84 bits per heavy atom. The Hall–Kier alpha value is -3.66. The van der Waals surface area contributed by atoms with Gasteiger partial charge in [0, 0.05) is 23.2 Å². The number of hydrogen-bond acceptors (Lipinski definition) is 7. The third-order valence-corrected chi connectivity index (χ3v) is 7.16. The van der Waals surface area contributed by atoms with E-state index >= 15 is 0 Å². The molecule has 0 bridgehead atoms. The van der Waals surface area contributed by atoms with Crippen molar-refractivity contribution in [2.75, 3.05) is 14.2 Å². The maximum absolute atomic E-state index is 13.5. The van der Waals surface area contributed by atoms with Crippen LogP contribution in [0.25, 0.3) is 11.4 Å². The quantitative estimate of drug-likeness (QED) is 0.415. The minimum atomic E-state index is -0.713. The number of methoxy groups -OCH3 is 2. The van der Waals surface area contributed by atoms with Crippen molar-refractivity contribution in [2.24, 2.45) is 0 Å². The lowest BCUT2D eigenvalue weighted by molar-refractivity contribution is -0.141. The molecule has 38 heavy (non-hydrogen) atoms. The van der Waals surface area contributed by atoms with E-state index in [1.165, 1.54) is 16.1 Å². The molecule has 4 rings (SSSR count). The first-order valence-corrected chi connectivity index (χ1v) is 13.1. The monoisotopic (exact) mass is 540 g/mol. The van der Waals surface area contributed by atoms with Crippen LogP contribution in [0.5, 0.6) is 11.5 Å². The summed E-state index contributed by atoms with van der Waals surface area (Å²) in [5.74, 6) is 0.928. The van der Waals surface area contributed by atoms with Crippen LogP contribution in [-0.2, 0) is 22.7 Å². The lowest BCUT2D eigenvalue weighted by Crippen LogP contribution is -2.51. The minimum Gasteiger partial charge on any atom is -0.493 e. The number of nitrogens with zero attached hydrogens (tertiary/aromatic N) is 5. The van der Waals surface area contributed by atoms with E-state index in [4.69, 9.17) is 21.1 Å². The van der Waals surface area contributed by atoms with Gasteiger partial charge in [-0.3, -0.25) is 9.59 Å². The summed E-state index contributed by atoms with van der Waals surface area (Å²) in [4.78, 5) is 29.4. The van der Waals surface area contributed by atoms with Crippen LogP contribution < -0.4 is 14.8 Å². The van der Waals surface area contributed by atoms with Crippen molar-refractivity contribution < 1.29 is 19.1 Å². The van der Waals surface area contributed by atoms with Gasteiger partial charge in [0.25, 0.3) is 0 Å². The maximum Gasteiger partial charge on any atom is 0.247 e. The number of nitrogens with one attached hydrogen (secondary N) is 1. The van der Waals surface area contributed by atoms with Gasteiger partial charge >= 0.3 is 0 Å². The Balaban J connectivity index is 1.52. The molecule has 1 fully saturated rings. The van der Waals surface area contributed by atoms with E-state index in [1.54, 1.807) is 45.4 Å². The Morgan fingerprint density at radius 3 is 2.55 bits per heavy atom. The third kappa shape index (κ3) is 6.61. The normalized spacial score (nSPS) is 14.5. The van der Waals surface area contributed by atoms with E-state index in [0.29, 0.717) is 27.9 Å². The van der Waals surface area contributed by atoms with Crippen molar-refractivity contribution in [3.63, 3.8) is 0 Å². The summed E-state index contributed by atoms with van der Waals surface area (Å²) in [6.45, 7) is 1.72. The summed E-state index contributed by atoms with van der Waals surface area (Å²) in [6.07, 6.45) is 5.30. The molecule has 1 saturated carbocycles. The van der Waals surface area contributed by atoms with Crippen LogP contribution in [0.3, 0.4) is 0 Å². The summed E-state index contributed by atoms with van der Waals surface area (Å²) in [5.41, 5.74) is 1.41. The molecular formula is C27H33ClN6O4. The van der Waals surface area contributed by atoms with Crippen LogP contribution in [0.2, 0.25) is 5.02 Å². The van der Waals surface area contributed by atoms with Crippen molar-refractivity contribution in [1.82, 2.24) is 30.4 Å². The number of carbonyl (C=O) groups excluding carboxylic acids is 2.